The van der Waals surface area contributed by atoms with Gasteiger partial charge in [-0.15, -0.1) is 11.3 Å². The number of nitrogens with one attached hydrogen (secondary N) is 1. The summed E-state index contributed by atoms with van der Waals surface area (Å²) >= 11 is 1.46. The number of hydrogen-bond donors (Lipinski definition) is 1. The molecule has 0 fully saturated rings. The lowest BCUT2D eigenvalue weighted by Crippen LogP contribution is -2.12. The topological polar surface area (TPSA) is 60.5 Å². The fourth-order valence-electron chi connectivity index (χ4n) is 1.88. The zero-order chi connectivity index (χ0) is 17.0. The quantitative estimate of drug-likeness (QED) is 0.865. The van der Waals surface area contributed by atoms with Gasteiger partial charge in [0.2, 0.25) is 0 Å². The van der Waals surface area contributed by atoms with Crippen molar-refractivity contribution in [1.29, 1.82) is 0 Å². The molecule has 0 atom stereocenters. The van der Waals surface area contributed by atoms with E-state index in [2.05, 4.69) is 24.1 Å². The maximum atomic E-state index is 12.3. The minimum Gasteiger partial charge on any atom is -0.493 e. The molecular formula is C17H22N2O3S. The molecule has 0 aliphatic carbocycles. The molecule has 0 unspecified atom stereocenters. The molecule has 2 rings (SSSR count). The number of methoxy groups -OCH3 is 1. The predicted octanol–water partition coefficient (Wildman–Crippen LogP) is 4.06. The Morgan fingerprint density at radius 3 is 2.61 bits per heavy atom. The van der Waals surface area contributed by atoms with Gasteiger partial charge in [-0.05, 0) is 38.0 Å². The first-order chi connectivity index (χ1) is 10.9. The largest absolute Gasteiger partial charge is 0.493 e. The van der Waals surface area contributed by atoms with Crippen LogP contribution in [0.5, 0.6) is 11.5 Å². The van der Waals surface area contributed by atoms with Gasteiger partial charge in [0, 0.05) is 10.4 Å². The molecule has 23 heavy (non-hydrogen) atoms. The third-order valence-corrected chi connectivity index (χ3v) is 4.24. The highest BCUT2D eigenvalue weighted by Crippen LogP contribution is 2.29. The van der Waals surface area contributed by atoms with E-state index in [9.17, 15) is 4.79 Å². The second kappa shape index (κ2) is 7.46. The SMILES string of the molecule is COc1cc(C(=O)Nc2nc(C)c(C)s2)ccc1OCC(C)C. The molecule has 2 aromatic rings. The second-order valence-corrected chi connectivity index (χ2v) is 6.89. The number of aryl methyl sites for hydroxylation is 2. The van der Waals surface area contributed by atoms with Crippen LogP contribution in [0.3, 0.4) is 0 Å². The van der Waals surface area contributed by atoms with E-state index in [0.29, 0.717) is 34.7 Å². The molecule has 1 heterocycles. The number of benzene rings is 1. The third-order valence-electron chi connectivity index (χ3n) is 3.25. The Bertz CT molecular complexity index is 676. The van der Waals surface area contributed by atoms with Crippen molar-refractivity contribution in [3.8, 4) is 11.5 Å². The minimum absolute atomic E-state index is 0.215. The van der Waals surface area contributed by atoms with Gasteiger partial charge in [0.1, 0.15) is 0 Å². The lowest BCUT2D eigenvalue weighted by molar-refractivity contribution is 0.102. The Labute approximate surface area is 140 Å². The molecule has 1 N–H and O–H groups in total. The van der Waals surface area contributed by atoms with Gasteiger partial charge in [-0.3, -0.25) is 10.1 Å². The molecule has 0 saturated carbocycles. The average Bonchev–Trinajstić information content (AvgIpc) is 2.82. The monoisotopic (exact) mass is 334 g/mol. The van der Waals surface area contributed by atoms with Crippen molar-refractivity contribution in [3.05, 3.63) is 34.3 Å². The van der Waals surface area contributed by atoms with E-state index >= 15 is 0 Å². The summed E-state index contributed by atoms with van der Waals surface area (Å²) in [6.45, 7) is 8.65. The highest BCUT2D eigenvalue weighted by molar-refractivity contribution is 7.15. The number of rotatable bonds is 6. The van der Waals surface area contributed by atoms with Gasteiger partial charge in [-0.25, -0.2) is 4.98 Å². The number of ether oxygens (including phenoxy) is 2. The first-order valence-electron chi connectivity index (χ1n) is 7.47. The predicted molar refractivity (Wildman–Crippen MR) is 92.9 cm³/mol. The number of thiazole rings is 1. The summed E-state index contributed by atoms with van der Waals surface area (Å²) in [5.41, 5.74) is 1.43. The molecule has 1 aromatic heterocycles. The van der Waals surface area contributed by atoms with Crippen LogP contribution in [-0.4, -0.2) is 24.6 Å². The number of aromatic nitrogens is 1. The van der Waals surface area contributed by atoms with E-state index in [1.807, 2.05) is 13.8 Å². The second-order valence-electron chi connectivity index (χ2n) is 5.69. The normalized spacial score (nSPS) is 10.7. The molecule has 0 bridgehead atoms. The summed E-state index contributed by atoms with van der Waals surface area (Å²) in [6.07, 6.45) is 0. The first kappa shape index (κ1) is 17.3. The van der Waals surface area contributed by atoms with Crippen LogP contribution in [-0.2, 0) is 0 Å². The van der Waals surface area contributed by atoms with Crippen LogP contribution in [0.2, 0.25) is 0 Å². The summed E-state index contributed by atoms with van der Waals surface area (Å²) in [5, 5.41) is 3.41. The van der Waals surface area contributed by atoms with E-state index in [4.69, 9.17) is 9.47 Å². The minimum atomic E-state index is -0.215. The average molecular weight is 334 g/mol. The van der Waals surface area contributed by atoms with E-state index in [0.717, 1.165) is 10.6 Å². The fourth-order valence-corrected chi connectivity index (χ4v) is 2.69. The number of anilines is 1. The fraction of sp³-hybridized carbons (Fsp3) is 0.412. The Hall–Kier alpha value is -2.08. The van der Waals surface area contributed by atoms with Gasteiger partial charge in [0.05, 0.1) is 19.4 Å². The van der Waals surface area contributed by atoms with Gasteiger partial charge in [0.25, 0.3) is 5.91 Å². The zero-order valence-electron chi connectivity index (χ0n) is 14.1. The maximum Gasteiger partial charge on any atom is 0.257 e. The Balaban J connectivity index is 2.14. The third kappa shape index (κ3) is 4.45. The summed E-state index contributed by atoms with van der Waals surface area (Å²) < 4.78 is 11.0. The molecule has 0 radical (unpaired) electrons. The van der Waals surface area contributed by atoms with Crippen LogP contribution >= 0.6 is 11.3 Å². The Morgan fingerprint density at radius 2 is 2.04 bits per heavy atom. The zero-order valence-corrected chi connectivity index (χ0v) is 14.9. The van der Waals surface area contributed by atoms with E-state index in [1.54, 1.807) is 25.3 Å². The van der Waals surface area contributed by atoms with E-state index < -0.39 is 0 Å². The van der Waals surface area contributed by atoms with E-state index in [1.165, 1.54) is 11.3 Å². The lowest BCUT2D eigenvalue weighted by atomic mass is 10.2. The molecule has 0 spiro atoms. The van der Waals surface area contributed by atoms with Crippen molar-refractivity contribution in [2.45, 2.75) is 27.7 Å². The number of amides is 1. The van der Waals surface area contributed by atoms with Gasteiger partial charge < -0.3 is 9.47 Å². The van der Waals surface area contributed by atoms with Crippen molar-refractivity contribution in [2.75, 3.05) is 19.0 Å². The van der Waals surface area contributed by atoms with Crippen molar-refractivity contribution in [2.24, 2.45) is 5.92 Å². The molecule has 0 saturated heterocycles. The molecular weight excluding hydrogens is 312 g/mol. The van der Waals surface area contributed by atoms with Crippen LogP contribution < -0.4 is 14.8 Å². The van der Waals surface area contributed by atoms with Crippen LogP contribution in [0.4, 0.5) is 5.13 Å². The molecule has 0 aliphatic rings. The summed E-state index contributed by atoms with van der Waals surface area (Å²) in [7, 11) is 1.56. The molecule has 5 nitrogen and oxygen atoms in total. The lowest BCUT2D eigenvalue weighted by Gasteiger charge is -2.13. The smallest absolute Gasteiger partial charge is 0.257 e. The van der Waals surface area contributed by atoms with Crippen molar-refractivity contribution >= 4 is 22.4 Å². The van der Waals surface area contributed by atoms with Crippen molar-refractivity contribution in [1.82, 2.24) is 4.98 Å². The highest BCUT2D eigenvalue weighted by Gasteiger charge is 2.14. The standard InChI is InChI=1S/C17H22N2O3S/c1-10(2)9-22-14-7-6-13(8-15(14)21-5)16(20)19-17-18-11(3)12(4)23-17/h6-8,10H,9H2,1-5H3,(H,18,19,20). The summed E-state index contributed by atoms with van der Waals surface area (Å²) in [4.78, 5) is 17.7. The van der Waals surface area contributed by atoms with Crippen LogP contribution in [0.15, 0.2) is 18.2 Å². The maximum absolute atomic E-state index is 12.3. The van der Waals surface area contributed by atoms with Gasteiger partial charge >= 0.3 is 0 Å². The van der Waals surface area contributed by atoms with Gasteiger partial charge in [-0.1, -0.05) is 13.8 Å². The Morgan fingerprint density at radius 1 is 1.30 bits per heavy atom. The van der Waals surface area contributed by atoms with E-state index in [-0.39, 0.29) is 5.91 Å². The number of hydrogen-bond acceptors (Lipinski definition) is 5. The van der Waals surface area contributed by atoms with Gasteiger partial charge in [0.15, 0.2) is 16.6 Å². The Kier molecular flexibility index (Phi) is 5.60. The summed E-state index contributed by atoms with van der Waals surface area (Å²) in [6, 6.07) is 5.16. The van der Waals surface area contributed by atoms with Gasteiger partial charge in [-0.2, -0.15) is 0 Å². The molecule has 124 valence electrons. The van der Waals surface area contributed by atoms with Crippen LogP contribution in [0, 0.1) is 19.8 Å². The number of nitrogens with zero attached hydrogens (tertiary/aromatic N) is 1. The summed E-state index contributed by atoms with van der Waals surface area (Å²) in [5.74, 6) is 1.38. The molecule has 6 heteroatoms. The molecule has 1 aromatic carbocycles. The van der Waals surface area contributed by atoms with Crippen molar-refractivity contribution in [3.63, 3.8) is 0 Å². The van der Waals surface area contributed by atoms with Crippen LogP contribution in [0.1, 0.15) is 34.8 Å². The highest BCUT2D eigenvalue weighted by atomic mass is 32.1. The molecule has 1 amide bonds. The number of carbonyl (C=O) groups is 1. The van der Waals surface area contributed by atoms with Crippen molar-refractivity contribution < 1.29 is 14.3 Å². The first-order valence-corrected chi connectivity index (χ1v) is 8.28. The van der Waals surface area contributed by atoms with Crippen LogP contribution in [0.25, 0.3) is 0 Å². The number of carbonyl (C=O) groups excluding carboxylic acids is 1. The molecule has 0 aliphatic heterocycles.